The van der Waals surface area contributed by atoms with Gasteiger partial charge in [-0.05, 0) is 25.0 Å². The molecule has 0 unspecified atom stereocenters. The van der Waals surface area contributed by atoms with Crippen LogP contribution in [0.15, 0.2) is 21.6 Å². The maximum absolute atomic E-state index is 12.2. The van der Waals surface area contributed by atoms with Crippen LogP contribution in [-0.4, -0.2) is 61.9 Å². The predicted octanol–water partition coefficient (Wildman–Crippen LogP) is 0.127. The van der Waals surface area contributed by atoms with Crippen molar-refractivity contribution in [3.8, 4) is 0 Å². The number of nitrogens with zero attached hydrogens (tertiary/aromatic N) is 2. The second-order valence-electron chi connectivity index (χ2n) is 4.88. The summed E-state index contributed by atoms with van der Waals surface area (Å²) in [7, 11) is -0.905. The number of rotatable bonds is 4. The maximum atomic E-state index is 12.2. The normalized spacial score (nSPS) is 19.8. The van der Waals surface area contributed by atoms with Crippen LogP contribution < -0.4 is 0 Å². The van der Waals surface area contributed by atoms with Crippen molar-refractivity contribution < 1.29 is 22.7 Å². The molecule has 1 aromatic rings. The number of carbonyl (C=O) groups excluding carboxylic acids is 1. The monoisotopic (exact) mass is 302 g/mol. The van der Waals surface area contributed by atoms with Crippen molar-refractivity contribution >= 4 is 15.9 Å². The van der Waals surface area contributed by atoms with Crippen molar-refractivity contribution in [1.82, 2.24) is 9.21 Å². The summed E-state index contributed by atoms with van der Waals surface area (Å²) in [5, 5.41) is 8.95. The minimum atomic E-state index is -3.69. The summed E-state index contributed by atoms with van der Waals surface area (Å²) in [6.45, 7) is 0.440. The van der Waals surface area contributed by atoms with Crippen LogP contribution in [0.5, 0.6) is 0 Å². The fraction of sp³-hybridized carbons (Fsp3) is 0.583. The van der Waals surface area contributed by atoms with Gasteiger partial charge < -0.3 is 14.4 Å². The van der Waals surface area contributed by atoms with Crippen molar-refractivity contribution in [3.05, 3.63) is 17.9 Å². The van der Waals surface area contributed by atoms with E-state index in [2.05, 4.69) is 0 Å². The van der Waals surface area contributed by atoms with E-state index in [-0.39, 0.29) is 29.4 Å². The first-order chi connectivity index (χ1) is 9.37. The summed E-state index contributed by atoms with van der Waals surface area (Å²) in [6, 6.07) is 2.40. The topological polar surface area (TPSA) is 91.1 Å². The molecule has 2 rings (SSSR count). The number of furan rings is 1. The molecule has 7 nitrogen and oxygen atoms in total. The third kappa shape index (κ3) is 2.58. The van der Waals surface area contributed by atoms with Gasteiger partial charge in [-0.1, -0.05) is 0 Å². The molecule has 0 bridgehead atoms. The van der Waals surface area contributed by atoms with E-state index in [0.717, 1.165) is 17.1 Å². The summed E-state index contributed by atoms with van der Waals surface area (Å²) in [5.41, 5.74) is 0. The minimum absolute atomic E-state index is 0.0224. The van der Waals surface area contributed by atoms with E-state index < -0.39 is 10.0 Å². The van der Waals surface area contributed by atoms with Gasteiger partial charge in [0.25, 0.3) is 15.9 Å². The Bertz CT molecular complexity index is 593. The van der Waals surface area contributed by atoms with Crippen LogP contribution >= 0.6 is 0 Å². The lowest BCUT2D eigenvalue weighted by Gasteiger charge is -2.21. The molecule has 0 saturated carbocycles. The SMILES string of the molecule is CN(C)S(=O)(=O)c1ccc(C(=O)N2CCC[C@H]2CO)o1. The molecule has 1 aliphatic heterocycles. The van der Waals surface area contributed by atoms with Crippen LogP contribution in [-0.2, 0) is 10.0 Å². The molecule has 112 valence electrons. The molecule has 0 spiro atoms. The van der Waals surface area contributed by atoms with Gasteiger partial charge in [0.1, 0.15) is 0 Å². The van der Waals surface area contributed by atoms with Gasteiger partial charge in [0.15, 0.2) is 5.76 Å². The molecule has 2 heterocycles. The largest absolute Gasteiger partial charge is 0.438 e. The molecule has 1 atom stereocenters. The van der Waals surface area contributed by atoms with E-state index in [4.69, 9.17) is 4.42 Å². The standard InChI is InChI=1S/C12H18N2O5S/c1-13(2)20(17,18)11-6-5-10(19-11)12(16)14-7-3-4-9(14)8-15/h5-6,9,15H,3-4,7-8H2,1-2H3/t9-/m0/s1. The number of hydrogen-bond donors (Lipinski definition) is 1. The lowest BCUT2D eigenvalue weighted by atomic mass is 10.2. The van der Waals surface area contributed by atoms with Crippen molar-refractivity contribution in [1.29, 1.82) is 0 Å². The van der Waals surface area contributed by atoms with Crippen LogP contribution in [0.4, 0.5) is 0 Å². The molecule has 1 N–H and O–H groups in total. The van der Waals surface area contributed by atoms with Crippen LogP contribution in [0.1, 0.15) is 23.4 Å². The summed E-state index contributed by atoms with van der Waals surface area (Å²) < 4.78 is 29.9. The molecule has 0 radical (unpaired) electrons. The van der Waals surface area contributed by atoms with Crippen LogP contribution in [0.3, 0.4) is 0 Å². The Morgan fingerprint density at radius 2 is 2.20 bits per heavy atom. The average Bonchev–Trinajstić information content (AvgIpc) is 3.06. The second kappa shape index (κ2) is 5.55. The smallest absolute Gasteiger partial charge is 0.289 e. The molecule has 0 aromatic carbocycles. The van der Waals surface area contributed by atoms with Crippen LogP contribution in [0, 0.1) is 0 Å². The Labute approximate surface area is 117 Å². The quantitative estimate of drug-likeness (QED) is 0.853. The number of amides is 1. The molecular formula is C12H18N2O5S. The fourth-order valence-corrected chi connectivity index (χ4v) is 2.98. The first-order valence-corrected chi connectivity index (χ1v) is 7.76. The molecule has 1 aliphatic rings. The summed E-state index contributed by atoms with van der Waals surface area (Å²) >= 11 is 0. The number of aliphatic hydroxyl groups is 1. The van der Waals surface area contributed by atoms with Crippen LogP contribution in [0.25, 0.3) is 0 Å². The van der Waals surface area contributed by atoms with E-state index >= 15 is 0 Å². The molecule has 20 heavy (non-hydrogen) atoms. The fourth-order valence-electron chi connectivity index (χ4n) is 2.19. The zero-order valence-corrected chi connectivity index (χ0v) is 12.3. The minimum Gasteiger partial charge on any atom is -0.438 e. The second-order valence-corrected chi connectivity index (χ2v) is 6.97. The number of hydrogen-bond acceptors (Lipinski definition) is 5. The Morgan fingerprint density at radius 3 is 2.80 bits per heavy atom. The summed E-state index contributed by atoms with van der Waals surface area (Å²) in [4.78, 5) is 13.8. The summed E-state index contributed by atoms with van der Waals surface area (Å²) in [5.74, 6) is -0.410. The van der Waals surface area contributed by atoms with E-state index in [1.54, 1.807) is 0 Å². The summed E-state index contributed by atoms with van der Waals surface area (Å²) in [6.07, 6.45) is 1.56. The third-order valence-electron chi connectivity index (χ3n) is 3.38. The van der Waals surface area contributed by atoms with Gasteiger partial charge in [0.2, 0.25) is 5.09 Å². The van der Waals surface area contributed by atoms with Crippen LogP contribution in [0.2, 0.25) is 0 Å². The molecule has 1 fully saturated rings. The van der Waals surface area contributed by atoms with E-state index in [1.165, 1.54) is 31.1 Å². The highest BCUT2D eigenvalue weighted by Gasteiger charge is 2.31. The highest BCUT2D eigenvalue weighted by molar-refractivity contribution is 7.88. The van der Waals surface area contributed by atoms with Gasteiger partial charge in [-0.3, -0.25) is 4.79 Å². The van der Waals surface area contributed by atoms with Gasteiger partial charge in [-0.25, -0.2) is 12.7 Å². The number of sulfonamides is 1. The first kappa shape index (κ1) is 15.0. The molecule has 1 aromatic heterocycles. The lowest BCUT2D eigenvalue weighted by molar-refractivity contribution is 0.0640. The molecule has 0 aliphatic carbocycles. The van der Waals surface area contributed by atoms with Gasteiger partial charge in [0.05, 0.1) is 12.6 Å². The zero-order valence-electron chi connectivity index (χ0n) is 11.4. The van der Waals surface area contributed by atoms with Crippen molar-refractivity contribution in [3.63, 3.8) is 0 Å². The molecule has 1 saturated heterocycles. The zero-order chi connectivity index (χ0) is 14.9. The van der Waals surface area contributed by atoms with Gasteiger partial charge in [0, 0.05) is 20.6 Å². The maximum Gasteiger partial charge on any atom is 0.289 e. The number of carbonyl (C=O) groups is 1. The van der Waals surface area contributed by atoms with Crippen molar-refractivity contribution in [2.45, 2.75) is 24.0 Å². The van der Waals surface area contributed by atoms with Gasteiger partial charge >= 0.3 is 0 Å². The van der Waals surface area contributed by atoms with Gasteiger partial charge in [-0.2, -0.15) is 0 Å². The highest BCUT2D eigenvalue weighted by Crippen LogP contribution is 2.23. The predicted molar refractivity (Wildman–Crippen MR) is 70.7 cm³/mol. The van der Waals surface area contributed by atoms with E-state index in [9.17, 15) is 18.3 Å². The first-order valence-electron chi connectivity index (χ1n) is 6.32. The third-order valence-corrected chi connectivity index (χ3v) is 5.07. The van der Waals surface area contributed by atoms with Crippen molar-refractivity contribution in [2.24, 2.45) is 0 Å². The number of likely N-dealkylation sites (tertiary alicyclic amines) is 1. The highest BCUT2D eigenvalue weighted by atomic mass is 32.2. The Kier molecular flexibility index (Phi) is 4.17. The Hall–Kier alpha value is -1.38. The van der Waals surface area contributed by atoms with Gasteiger partial charge in [-0.15, -0.1) is 0 Å². The average molecular weight is 302 g/mol. The Balaban J connectivity index is 2.23. The lowest BCUT2D eigenvalue weighted by Crippen LogP contribution is -2.37. The Morgan fingerprint density at radius 1 is 1.50 bits per heavy atom. The molecule has 1 amide bonds. The molecule has 8 heteroatoms. The molecular weight excluding hydrogens is 284 g/mol. The van der Waals surface area contributed by atoms with E-state index in [0.29, 0.717) is 6.54 Å². The number of aliphatic hydroxyl groups excluding tert-OH is 1. The van der Waals surface area contributed by atoms with Crippen molar-refractivity contribution in [2.75, 3.05) is 27.2 Å². The van der Waals surface area contributed by atoms with E-state index in [1.807, 2.05) is 0 Å².